The average molecular weight is 256 g/mol. The molecule has 0 saturated carbocycles. The van der Waals surface area contributed by atoms with Gasteiger partial charge in [-0.2, -0.15) is 13.2 Å². The van der Waals surface area contributed by atoms with Crippen molar-refractivity contribution in [1.82, 2.24) is 0 Å². The van der Waals surface area contributed by atoms with E-state index in [2.05, 4.69) is 4.74 Å². The summed E-state index contributed by atoms with van der Waals surface area (Å²) in [6.45, 7) is 0.130. The van der Waals surface area contributed by atoms with Crippen LogP contribution in [0.2, 0.25) is 0 Å². The zero-order valence-electron chi connectivity index (χ0n) is 9.71. The van der Waals surface area contributed by atoms with Crippen molar-refractivity contribution in [2.45, 2.75) is 38.0 Å². The van der Waals surface area contributed by atoms with Crippen molar-refractivity contribution in [3.8, 4) is 0 Å². The monoisotopic (exact) mass is 256 g/mol. The van der Waals surface area contributed by atoms with Gasteiger partial charge in [0.2, 0.25) is 0 Å². The van der Waals surface area contributed by atoms with Crippen LogP contribution >= 0.6 is 0 Å². The average Bonchev–Trinajstić information content (AvgIpc) is 2.25. The highest BCUT2D eigenvalue weighted by molar-refractivity contribution is 4.68. The van der Waals surface area contributed by atoms with Crippen molar-refractivity contribution in [2.24, 2.45) is 5.92 Å². The first-order chi connectivity index (χ1) is 7.97. The Morgan fingerprint density at radius 2 is 1.94 bits per heavy atom. The van der Waals surface area contributed by atoms with E-state index < -0.39 is 18.9 Å². The molecule has 1 rings (SSSR count). The van der Waals surface area contributed by atoms with Crippen LogP contribution in [0.5, 0.6) is 0 Å². The third kappa shape index (κ3) is 7.57. The molecule has 0 bridgehead atoms. The van der Waals surface area contributed by atoms with Crippen molar-refractivity contribution in [1.29, 1.82) is 0 Å². The Bertz CT molecular complexity index is 203. The zero-order chi connectivity index (χ0) is 12.7. The van der Waals surface area contributed by atoms with Crippen molar-refractivity contribution in [2.75, 3.05) is 26.4 Å². The third-order valence-electron chi connectivity index (χ3n) is 2.81. The highest BCUT2D eigenvalue weighted by atomic mass is 19.4. The Morgan fingerprint density at radius 1 is 1.29 bits per heavy atom. The third-order valence-corrected chi connectivity index (χ3v) is 2.81. The van der Waals surface area contributed by atoms with Crippen LogP contribution in [0.1, 0.15) is 25.7 Å². The van der Waals surface area contributed by atoms with E-state index in [-0.39, 0.29) is 13.0 Å². The fraction of sp³-hybridized carbons (Fsp3) is 1.00. The first-order valence-corrected chi connectivity index (χ1v) is 5.87. The summed E-state index contributed by atoms with van der Waals surface area (Å²) in [5, 5.41) is 9.63. The van der Waals surface area contributed by atoms with Crippen molar-refractivity contribution in [3.05, 3.63) is 0 Å². The lowest BCUT2D eigenvalue weighted by Crippen LogP contribution is -2.23. The fourth-order valence-electron chi connectivity index (χ4n) is 1.89. The Hall–Kier alpha value is -0.330. The normalized spacial score (nSPS) is 20.5. The van der Waals surface area contributed by atoms with E-state index in [0.29, 0.717) is 25.6 Å². The van der Waals surface area contributed by atoms with Gasteiger partial charge in [0, 0.05) is 19.8 Å². The molecule has 1 N–H and O–H groups in total. The van der Waals surface area contributed by atoms with Crippen LogP contribution < -0.4 is 0 Å². The lowest BCUT2D eigenvalue weighted by atomic mass is 9.93. The van der Waals surface area contributed by atoms with Gasteiger partial charge >= 0.3 is 6.18 Å². The highest BCUT2D eigenvalue weighted by Gasteiger charge is 2.27. The number of rotatable bonds is 6. The van der Waals surface area contributed by atoms with Crippen molar-refractivity contribution < 1.29 is 27.8 Å². The molecule has 102 valence electrons. The summed E-state index contributed by atoms with van der Waals surface area (Å²) in [4.78, 5) is 0. The molecule has 1 unspecified atom stereocenters. The van der Waals surface area contributed by atoms with Gasteiger partial charge in [-0.25, -0.2) is 0 Å². The van der Waals surface area contributed by atoms with Gasteiger partial charge in [0.25, 0.3) is 0 Å². The molecule has 3 nitrogen and oxygen atoms in total. The molecule has 1 atom stereocenters. The Labute approximate surface area is 98.9 Å². The standard InChI is InChI=1S/C11H19F3O3/c12-11(13,14)8-17-6-3-10(15)7-9-1-4-16-5-2-9/h9-10,15H,1-8H2. The van der Waals surface area contributed by atoms with Gasteiger partial charge in [-0.15, -0.1) is 0 Å². The molecule has 0 aromatic carbocycles. The molecule has 1 heterocycles. The van der Waals surface area contributed by atoms with E-state index in [0.717, 1.165) is 12.8 Å². The van der Waals surface area contributed by atoms with Gasteiger partial charge in [0.05, 0.1) is 6.10 Å². The van der Waals surface area contributed by atoms with Crippen LogP contribution in [0, 0.1) is 5.92 Å². The van der Waals surface area contributed by atoms with E-state index in [1.54, 1.807) is 0 Å². The largest absolute Gasteiger partial charge is 0.411 e. The molecule has 1 saturated heterocycles. The van der Waals surface area contributed by atoms with Gasteiger partial charge in [-0.3, -0.25) is 0 Å². The van der Waals surface area contributed by atoms with Crippen LogP contribution in [-0.2, 0) is 9.47 Å². The summed E-state index contributed by atoms with van der Waals surface area (Å²) < 4.78 is 44.9. The lowest BCUT2D eigenvalue weighted by Gasteiger charge is -2.24. The van der Waals surface area contributed by atoms with Crippen LogP contribution in [0.4, 0.5) is 13.2 Å². The Kier molecular flexibility index (Phi) is 6.22. The van der Waals surface area contributed by atoms with Crippen molar-refractivity contribution in [3.63, 3.8) is 0 Å². The number of hydrogen-bond donors (Lipinski definition) is 1. The molecule has 17 heavy (non-hydrogen) atoms. The molecule has 6 heteroatoms. The minimum atomic E-state index is -4.29. The maximum atomic E-state index is 11.8. The maximum Gasteiger partial charge on any atom is 0.411 e. The molecule has 0 spiro atoms. The first kappa shape index (κ1) is 14.7. The Morgan fingerprint density at radius 3 is 2.53 bits per heavy atom. The van der Waals surface area contributed by atoms with Crippen molar-refractivity contribution >= 4 is 0 Å². The lowest BCUT2D eigenvalue weighted by molar-refractivity contribution is -0.175. The molecule has 0 radical (unpaired) electrons. The van der Waals surface area contributed by atoms with Crippen LogP contribution in [0.3, 0.4) is 0 Å². The maximum absolute atomic E-state index is 11.8. The molecule has 0 aromatic rings. The topological polar surface area (TPSA) is 38.7 Å². The molecule has 1 aliphatic heterocycles. The van der Waals surface area contributed by atoms with Gasteiger partial charge in [-0.05, 0) is 31.6 Å². The summed E-state index contributed by atoms with van der Waals surface area (Å²) >= 11 is 0. The second-order valence-electron chi connectivity index (χ2n) is 4.40. The van der Waals surface area contributed by atoms with E-state index in [9.17, 15) is 18.3 Å². The van der Waals surface area contributed by atoms with E-state index in [1.165, 1.54) is 0 Å². The molecular formula is C11H19F3O3. The second kappa shape index (κ2) is 7.18. The minimum absolute atomic E-state index is 0.0517. The number of aliphatic hydroxyl groups excluding tert-OH is 1. The quantitative estimate of drug-likeness (QED) is 0.740. The van der Waals surface area contributed by atoms with Crippen LogP contribution in [0.15, 0.2) is 0 Å². The predicted molar refractivity (Wildman–Crippen MR) is 55.7 cm³/mol. The summed E-state index contributed by atoms with van der Waals surface area (Å²) in [5.74, 6) is 0.418. The molecule has 1 fully saturated rings. The van der Waals surface area contributed by atoms with E-state index >= 15 is 0 Å². The van der Waals surface area contributed by atoms with E-state index in [1.807, 2.05) is 0 Å². The minimum Gasteiger partial charge on any atom is -0.393 e. The fourth-order valence-corrected chi connectivity index (χ4v) is 1.89. The summed E-state index contributed by atoms with van der Waals surface area (Å²) in [5.41, 5.74) is 0. The second-order valence-corrected chi connectivity index (χ2v) is 4.40. The first-order valence-electron chi connectivity index (χ1n) is 5.87. The predicted octanol–water partition coefficient (Wildman–Crippen LogP) is 2.13. The van der Waals surface area contributed by atoms with Crippen LogP contribution in [0.25, 0.3) is 0 Å². The number of aliphatic hydroxyl groups is 1. The molecule has 1 aliphatic rings. The summed E-state index contributed by atoms with van der Waals surface area (Å²) in [7, 11) is 0. The Balaban J connectivity index is 2.02. The number of hydrogen-bond acceptors (Lipinski definition) is 3. The summed E-state index contributed by atoms with van der Waals surface area (Å²) in [6, 6.07) is 0. The van der Waals surface area contributed by atoms with Gasteiger partial charge in [-0.1, -0.05) is 0 Å². The smallest absolute Gasteiger partial charge is 0.393 e. The van der Waals surface area contributed by atoms with Crippen LogP contribution in [-0.4, -0.2) is 43.8 Å². The molecule has 0 amide bonds. The number of alkyl halides is 3. The van der Waals surface area contributed by atoms with Gasteiger partial charge in [0.15, 0.2) is 0 Å². The van der Waals surface area contributed by atoms with Gasteiger partial charge < -0.3 is 14.6 Å². The highest BCUT2D eigenvalue weighted by Crippen LogP contribution is 2.21. The number of ether oxygens (including phenoxy) is 2. The molecule has 0 aromatic heterocycles. The van der Waals surface area contributed by atoms with E-state index in [4.69, 9.17) is 4.74 Å². The zero-order valence-corrected chi connectivity index (χ0v) is 9.71. The SMILES string of the molecule is OC(CCOCC(F)(F)F)CC1CCOCC1. The molecular weight excluding hydrogens is 237 g/mol. The number of halogens is 3. The molecule has 0 aliphatic carbocycles. The summed E-state index contributed by atoms with van der Waals surface area (Å²) in [6.07, 6.45) is -2.15. The van der Waals surface area contributed by atoms with Gasteiger partial charge in [0.1, 0.15) is 6.61 Å².